The zero-order valence-corrected chi connectivity index (χ0v) is 22.0. The quantitative estimate of drug-likeness (QED) is 0.266. The van der Waals surface area contributed by atoms with Gasteiger partial charge in [-0.2, -0.15) is 4.98 Å². The third-order valence-corrected chi connectivity index (χ3v) is 7.00. The number of likely N-dealkylation sites (tertiary alicyclic amines) is 1. The van der Waals surface area contributed by atoms with E-state index in [-0.39, 0.29) is 13.2 Å². The number of nitrogens with zero attached hydrogens (tertiary/aromatic N) is 3. The number of hydrogen-bond acceptors (Lipinski definition) is 9. The van der Waals surface area contributed by atoms with E-state index in [1.54, 1.807) is 13.2 Å². The summed E-state index contributed by atoms with van der Waals surface area (Å²) in [5.41, 5.74) is 3.34. The second kappa shape index (κ2) is 13.1. The zero-order chi connectivity index (χ0) is 26.2. The highest BCUT2D eigenvalue weighted by Crippen LogP contribution is 2.35. The van der Waals surface area contributed by atoms with Gasteiger partial charge in [-0.3, -0.25) is 4.21 Å². The van der Waals surface area contributed by atoms with E-state index < -0.39 is 11.3 Å². The van der Waals surface area contributed by atoms with Gasteiger partial charge in [-0.05, 0) is 61.2 Å². The van der Waals surface area contributed by atoms with Gasteiger partial charge in [0.25, 0.3) is 0 Å². The SMILES string of the molecule is COc1cc(C2CCN(CCO)CC2)ccc1Nc1ncc(Cl)c(Nc2ccccc2CNS(=O)[O-])n1. The number of aliphatic hydroxyl groups excluding tert-OH is 1. The van der Waals surface area contributed by atoms with Crippen LogP contribution in [0.5, 0.6) is 5.75 Å². The fourth-order valence-corrected chi connectivity index (χ4v) is 4.80. The molecule has 0 spiro atoms. The molecule has 4 rings (SSSR count). The van der Waals surface area contributed by atoms with E-state index >= 15 is 0 Å². The lowest BCUT2D eigenvalue weighted by Crippen LogP contribution is -2.34. The Morgan fingerprint density at radius 1 is 1.19 bits per heavy atom. The van der Waals surface area contributed by atoms with Crippen molar-refractivity contribution in [3.05, 3.63) is 64.8 Å². The third kappa shape index (κ3) is 7.37. The summed E-state index contributed by atoms with van der Waals surface area (Å²) in [5, 5.41) is 15.9. The molecule has 37 heavy (non-hydrogen) atoms. The summed E-state index contributed by atoms with van der Waals surface area (Å²) in [4.78, 5) is 11.1. The summed E-state index contributed by atoms with van der Waals surface area (Å²) in [6.07, 6.45) is 3.56. The molecule has 0 bridgehead atoms. The number of nitrogens with one attached hydrogen (secondary N) is 3. The molecule has 1 atom stereocenters. The molecule has 12 heteroatoms. The number of benzene rings is 2. The molecule has 3 aromatic rings. The summed E-state index contributed by atoms with van der Waals surface area (Å²) in [5.74, 6) is 1.83. The lowest BCUT2D eigenvalue weighted by molar-refractivity contribution is 0.164. The van der Waals surface area contributed by atoms with E-state index in [2.05, 4.69) is 36.3 Å². The van der Waals surface area contributed by atoms with Crippen LogP contribution in [0.1, 0.15) is 29.9 Å². The molecule has 4 N–H and O–H groups in total. The largest absolute Gasteiger partial charge is 0.760 e. The van der Waals surface area contributed by atoms with Gasteiger partial charge < -0.3 is 29.9 Å². The minimum absolute atomic E-state index is 0.122. The van der Waals surface area contributed by atoms with Crippen molar-refractivity contribution >= 4 is 46.0 Å². The number of anilines is 4. The Bertz CT molecular complexity index is 1230. The van der Waals surface area contributed by atoms with Crippen molar-refractivity contribution in [2.24, 2.45) is 0 Å². The van der Waals surface area contributed by atoms with E-state index in [1.807, 2.05) is 30.3 Å². The highest BCUT2D eigenvalue weighted by Gasteiger charge is 2.21. The molecule has 10 nitrogen and oxygen atoms in total. The molecular weight excluding hydrogens is 516 g/mol. The van der Waals surface area contributed by atoms with Crippen molar-refractivity contribution in [1.29, 1.82) is 0 Å². The Morgan fingerprint density at radius 3 is 2.70 bits per heavy atom. The van der Waals surface area contributed by atoms with Crippen LogP contribution in [0.25, 0.3) is 0 Å². The molecule has 1 saturated heterocycles. The van der Waals surface area contributed by atoms with Gasteiger partial charge >= 0.3 is 0 Å². The first-order chi connectivity index (χ1) is 18.0. The molecule has 2 aromatic carbocycles. The van der Waals surface area contributed by atoms with E-state index in [4.69, 9.17) is 21.4 Å². The van der Waals surface area contributed by atoms with Crippen molar-refractivity contribution in [3.8, 4) is 5.75 Å². The monoisotopic (exact) mass is 545 g/mol. The van der Waals surface area contributed by atoms with Crippen LogP contribution < -0.4 is 20.1 Å². The maximum Gasteiger partial charge on any atom is 0.229 e. The van der Waals surface area contributed by atoms with Crippen molar-refractivity contribution in [2.75, 3.05) is 44.0 Å². The average Bonchev–Trinajstić information content (AvgIpc) is 2.91. The first kappa shape index (κ1) is 27.2. The Kier molecular flexibility index (Phi) is 9.67. The van der Waals surface area contributed by atoms with Crippen molar-refractivity contribution in [3.63, 3.8) is 0 Å². The Balaban J connectivity index is 1.48. The first-order valence-electron chi connectivity index (χ1n) is 11.9. The van der Waals surface area contributed by atoms with Crippen LogP contribution in [0, 0.1) is 0 Å². The smallest absolute Gasteiger partial charge is 0.229 e. The summed E-state index contributed by atoms with van der Waals surface area (Å²) >= 11 is 3.98. The summed E-state index contributed by atoms with van der Waals surface area (Å²) in [6, 6.07) is 13.4. The fourth-order valence-electron chi connectivity index (χ4n) is 4.39. The molecular formula is C25H30ClN6O4S-. The number of rotatable bonds is 11. The lowest BCUT2D eigenvalue weighted by Gasteiger charge is -2.31. The second-order valence-corrected chi connectivity index (χ2v) is 9.82. The topological polar surface area (TPSA) is 135 Å². The van der Waals surface area contributed by atoms with E-state index in [0.29, 0.717) is 34.1 Å². The number of hydrogen-bond donors (Lipinski definition) is 4. The normalized spacial score (nSPS) is 15.4. The molecule has 0 saturated carbocycles. The number of ether oxygens (including phenoxy) is 1. The third-order valence-electron chi connectivity index (χ3n) is 6.34. The lowest BCUT2D eigenvalue weighted by atomic mass is 9.89. The summed E-state index contributed by atoms with van der Waals surface area (Å²) < 4.78 is 29.9. The number of methoxy groups -OCH3 is 1. The Labute approximate surface area is 223 Å². The minimum Gasteiger partial charge on any atom is -0.760 e. The molecule has 1 aliphatic heterocycles. The predicted octanol–water partition coefficient (Wildman–Crippen LogP) is 3.68. The van der Waals surface area contributed by atoms with Gasteiger partial charge in [0, 0.05) is 30.0 Å². The molecule has 1 aliphatic rings. The molecule has 1 aromatic heterocycles. The van der Waals surface area contributed by atoms with Gasteiger partial charge in [-0.25, -0.2) is 9.71 Å². The molecule has 0 amide bonds. The molecule has 1 fully saturated rings. The molecule has 1 unspecified atom stereocenters. The zero-order valence-electron chi connectivity index (χ0n) is 20.4. The number of halogens is 1. The van der Waals surface area contributed by atoms with E-state index in [9.17, 15) is 8.76 Å². The first-order valence-corrected chi connectivity index (χ1v) is 13.4. The number of piperidine rings is 1. The van der Waals surface area contributed by atoms with Crippen LogP contribution in [0.4, 0.5) is 23.1 Å². The van der Waals surface area contributed by atoms with Crippen LogP contribution in [0.15, 0.2) is 48.7 Å². The molecule has 0 radical (unpaired) electrons. The van der Waals surface area contributed by atoms with Crippen LogP contribution in [0.3, 0.4) is 0 Å². The molecule has 2 heterocycles. The van der Waals surface area contributed by atoms with E-state index in [0.717, 1.165) is 43.7 Å². The fraction of sp³-hybridized carbons (Fsp3) is 0.360. The van der Waals surface area contributed by atoms with Gasteiger partial charge in [-0.15, -0.1) is 0 Å². The Morgan fingerprint density at radius 2 is 1.97 bits per heavy atom. The summed E-state index contributed by atoms with van der Waals surface area (Å²) in [7, 11) is 1.63. The predicted molar refractivity (Wildman–Crippen MR) is 144 cm³/mol. The Hall–Kier alpha value is -2.80. The number of aromatic nitrogens is 2. The van der Waals surface area contributed by atoms with Crippen molar-refractivity contribution in [1.82, 2.24) is 19.6 Å². The minimum atomic E-state index is -2.37. The van der Waals surface area contributed by atoms with Crippen LogP contribution in [-0.4, -0.2) is 62.1 Å². The van der Waals surface area contributed by atoms with Gasteiger partial charge in [-0.1, -0.05) is 35.9 Å². The standard InChI is InChI=1S/C25H31ClN6O4S/c1-36-23-14-18(17-8-10-32(11-9-17)12-13-33)6-7-22(23)30-25-27-16-20(26)24(31-25)29-21-5-3-2-4-19(21)15-28-37(34)35/h2-7,14,16-17,28,33H,8-13,15H2,1H3,(H,34,35)(H2,27,29,30,31)/p-1. The number of β-amino-alcohol motifs (C(OH)–C–C–N with tert-alkyl or cyclic N) is 1. The van der Waals surface area contributed by atoms with E-state index in [1.165, 1.54) is 11.8 Å². The van der Waals surface area contributed by atoms with Crippen molar-refractivity contribution in [2.45, 2.75) is 25.3 Å². The highest BCUT2D eigenvalue weighted by molar-refractivity contribution is 7.77. The van der Waals surface area contributed by atoms with Gasteiger partial charge in [0.05, 0.1) is 25.6 Å². The summed E-state index contributed by atoms with van der Waals surface area (Å²) in [6.45, 7) is 2.97. The maximum atomic E-state index is 10.9. The average molecular weight is 546 g/mol. The van der Waals surface area contributed by atoms with Crippen LogP contribution >= 0.6 is 11.6 Å². The number of para-hydroxylation sites is 1. The van der Waals surface area contributed by atoms with Gasteiger partial charge in [0.1, 0.15) is 10.8 Å². The number of aliphatic hydroxyl groups is 1. The van der Waals surface area contributed by atoms with Gasteiger partial charge in [0.2, 0.25) is 5.95 Å². The molecule has 0 aliphatic carbocycles. The molecule has 198 valence electrons. The van der Waals surface area contributed by atoms with Gasteiger partial charge in [0.15, 0.2) is 5.82 Å². The highest BCUT2D eigenvalue weighted by atomic mass is 35.5. The second-order valence-electron chi connectivity index (χ2n) is 8.65. The maximum absolute atomic E-state index is 10.9. The van der Waals surface area contributed by atoms with Crippen molar-refractivity contribution < 1.29 is 18.6 Å². The van der Waals surface area contributed by atoms with Crippen LogP contribution in [0.2, 0.25) is 5.02 Å². The van der Waals surface area contributed by atoms with Crippen LogP contribution in [-0.2, 0) is 17.8 Å².